The van der Waals surface area contributed by atoms with Gasteiger partial charge in [0.25, 0.3) is 0 Å². The Morgan fingerprint density at radius 1 is 1.23 bits per heavy atom. The van der Waals surface area contributed by atoms with Crippen molar-refractivity contribution in [3.8, 4) is 11.5 Å². The fourth-order valence-corrected chi connectivity index (χ4v) is 3.01. The summed E-state index contributed by atoms with van der Waals surface area (Å²) in [5.41, 5.74) is 0. The minimum atomic E-state index is -0.473. The number of nitrogens with zero attached hydrogens (tertiary/aromatic N) is 1. The summed E-state index contributed by atoms with van der Waals surface area (Å²) < 4.78 is 10.8. The first-order chi connectivity index (χ1) is 10.1. The Kier molecular flexibility index (Phi) is 8.01. The van der Waals surface area contributed by atoms with Crippen LogP contribution in [0.15, 0.2) is 24.3 Å². The van der Waals surface area contributed by atoms with Gasteiger partial charge in [-0.25, -0.2) is 0 Å². The predicted octanol–water partition coefficient (Wildman–Crippen LogP) is -0.298. The van der Waals surface area contributed by atoms with E-state index in [0.717, 1.165) is 11.5 Å². The third kappa shape index (κ3) is 5.34. The first-order valence-corrected chi connectivity index (χ1v) is 7.81. The smallest absolute Gasteiger partial charge is 0.123 e. The van der Waals surface area contributed by atoms with E-state index in [4.69, 9.17) is 9.47 Å². The van der Waals surface area contributed by atoms with E-state index in [-0.39, 0.29) is 12.4 Å². The van der Waals surface area contributed by atoms with E-state index in [1.807, 2.05) is 24.3 Å². The van der Waals surface area contributed by atoms with E-state index in [1.54, 1.807) is 7.11 Å². The average Bonchev–Trinajstić information content (AvgIpc) is 2.49. The summed E-state index contributed by atoms with van der Waals surface area (Å²) in [4.78, 5) is 2.39. The van der Waals surface area contributed by atoms with Crippen LogP contribution in [0.4, 0.5) is 0 Å². The molecule has 1 N–H and O–H groups in total. The Hall–Kier alpha value is -0.970. The number of benzene rings is 1. The van der Waals surface area contributed by atoms with Crippen LogP contribution >= 0.6 is 0 Å². The van der Waals surface area contributed by atoms with Gasteiger partial charge < -0.3 is 27.0 Å². The molecule has 0 spiro atoms. The molecular weight excluding hydrogens is 302 g/mol. The van der Waals surface area contributed by atoms with E-state index in [0.29, 0.717) is 25.2 Å². The lowest BCUT2D eigenvalue weighted by Gasteiger charge is -2.40. The van der Waals surface area contributed by atoms with Crippen molar-refractivity contribution in [3.63, 3.8) is 0 Å². The molecule has 1 aromatic rings. The number of ether oxygens (including phenoxy) is 2. The summed E-state index contributed by atoms with van der Waals surface area (Å²) in [6.07, 6.45) is 3.25. The number of hydrogen-bond donors (Lipinski definition) is 1. The van der Waals surface area contributed by atoms with Crippen molar-refractivity contribution >= 4 is 0 Å². The maximum Gasteiger partial charge on any atom is 0.123 e. The molecular formula is C17H27ClNO3-. The van der Waals surface area contributed by atoms with Gasteiger partial charge in [-0.15, -0.1) is 0 Å². The standard InChI is InChI=1S/C17H27NO3.ClH/c1-13-6-4-7-14(2)18(13)11-15(19)12-21-17-9-5-8-16(10-17)20-3;/h5,8-10,13-15,19H,4,6-7,11-12H2,1-3H3;1H/p-1. The molecule has 2 rings (SSSR count). The van der Waals surface area contributed by atoms with Crippen molar-refractivity contribution in [2.45, 2.75) is 51.3 Å². The second kappa shape index (κ2) is 9.23. The number of piperidine rings is 1. The van der Waals surface area contributed by atoms with E-state index in [9.17, 15) is 5.11 Å². The molecule has 1 aliphatic rings. The van der Waals surface area contributed by atoms with Gasteiger partial charge in [0.05, 0.1) is 7.11 Å². The highest BCUT2D eigenvalue weighted by Crippen LogP contribution is 2.23. The molecule has 0 amide bonds. The molecule has 1 fully saturated rings. The second-order valence-corrected chi connectivity index (χ2v) is 5.97. The second-order valence-electron chi connectivity index (χ2n) is 5.97. The zero-order chi connectivity index (χ0) is 15.2. The SMILES string of the molecule is COc1cccc(OCC(O)CN2C(C)CCCC2C)c1.[Cl-]. The molecule has 5 heteroatoms. The van der Waals surface area contributed by atoms with Crippen molar-refractivity contribution in [3.05, 3.63) is 24.3 Å². The van der Waals surface area contributed by atoms with Gasteiger partial charge in [-0.2, -0.15) is 0 Å². The number of hydrogen-bond acceptors (Lipinski definition) is 4. The van der Waals surface area contributed by atoms with Crippen LogP contribution in [0.5, 0.6) is 11.5 Å². The molecule has 0 radical (unpaired) electrons. The number of halogens is 1. The molecule has 3 atom stereocenters. The van der Waals surface area contributed by atoms with Crippen LogP contribution in [0, 0.1) is 0 Å². The number of likely N-dealkylation sites (tertiary alicyclic amines) is 1. The number of aliphatic hydroxyl groups excluding tert-OH is 1. The Bertz CT molecular complexity index is 434. The quantitative estimate of drug-likeness (QED) is 0.779. The van der Waals surface area contributed by atoms with Crippen LogP contribution in [0.2, 0.25) is 0 Å². The molecule has 0 saturated carbocycles. The highest BCUT2D eigenvalue weighted by molar-refractivity contribution is 5.32. The lowest BCUT2D eigenvalue weighted by Crippen LogP contribution is -3.00. The molecule has 1 aliphatic heterocycles. The van der Waals surface area contributed by atoms with Gasteiger partial charge in [0, 0.05) is 24.7 Å². The minimum absolute atomic E-state index is 0. The van der Waals surface area contributed by atoms with Gasteiger partial charge in [-0.1, -0.05) is 12.5 Å². The van der Waals surface area contributed by atoms with Gasteiger partial charge >= 0.3 is 0 Å². The summed E-state index contributed by atoms with van der Waals surface area (Å²) in [6.45, 7) is 5.46. The molecule has 0 bridgehead atoms. The normalized spacial score (nSPS) is 23.5. The van der Waals surface area contributed by atoms with Gasteiger partial charge in [0.1, 0.15) is 24.2 Å². The van der Waals surface area contributed by atoms with Crippen LogP contribution < -0.4 is 21.9 Å². The first kappa shape index (κ1) is 19.1. The molecule has 22 heavy (non-hydrogen) atoms. The van der Waals surface area contributed by atoms with Crippen LogP contribution in [0.25, 0.3) is 0 Å². The van der Waals surface area contributed by atoms with Crippen molar-refractivity contribution in [1.29, 1.82) is 0 Å². The summed E-state index contributed by atoms with van der Waals surface area (Å²) >= 11 is 0. The number of aliphatic hydroxyl groups is 1. The molecule has 3 unspecified atom stereocenters. The molecule has 126 valence electrons. The molecule has 0 aliphatic carbocycles. The molecule has 0 aromatic heterocycles. The molecule has 1 aromatic carbocycles. The largest absolute Gasteiger partial charge is 1.00 e. The highest BCUT2D eigenvalue weighted by atomic mass is 35.5. The summed E-state index contributed by atoms with van der Waals surface area (Å²) in [6, 6.07) is 8.55. The maximum atomic E-state index is 10.2. The van der Waals surface area contributed by atoms with E-state index >= 15 is 0 Å². The van der Waals surface area contributed by atoms with E-state index in [1.165, 1.54) is 19.3 Å². The number of β-amino-alcohol motifs (C(OH)–C–C–N with tert-alkyl or cyclic N) is 1. The zero-order valence-corrected chi connectivity index (χ0v) is 14.4. The van der Waals surface area contributed by atoms with Crippen molar-refractivity contribution in [2.24, 2.45) is 0 Å². The topological polar surface area (TPSA) is 41.9 Å². The van der Waals surface area contributed by atoms with Crippen LogP contribution in [0.3, 0.4) is 0 Å². The summed E-state index contributed by atoms with van der Waals surface area (Å²) in [5, 5.41) is 10.2. The Labute approximate surface area is 139 Å². The lowest BCUT2D eigenvalue weighted by atomic mass is 9.97. The van der Waals surface area contributed by atoms with Crippen molar-refractivity contribution in [2.75, 3.05) is 20.3 Å². The van der Waals surface area contributed by atoms with Crippen LogP contribution in [0.1, 0.15) is 33.1 Å². The van der Waals surface area contributed by atoms with Gasteiger partial charge in [0.15, 0.2) is 0 Å². The van der Waals surface area contributed by atoms with Crippen molar-refractivity contribution in [1.82, 2.24) is 4.90 Å². The molecule has 4 nitrogen and oxygen atoms in total. The average molecular weight is 329 g/mol. The fourth-order valence-electron chi connectivity index (χ4n) is 3.01. The number of methoxy groups -OCH3 is 1. The Morgan fingerprint density at radius 3 is 2.50 bits per heavy atom. The first-order valence-electron chi connectivity index (χ1n) is 7.81. The lowest BCUT2D eigenvalue weighted by molar-refractivity contribution is -0.00000670. The van der Waals surface area contributed by atoms with Gasteiger partial charge in [-0.3, -0.25) is 4.90 Å². The summed E-state index contributed by atoms with van der Waals surface area (Å²) in [7, 11) is 1.63. The highest BCUT2D eigenvalue weighted by Gasteiger charge is 2.26. The molecule has 1 saturated heterocycles. The van der Waals surface area contributed by atoms with Gasteiger partial charge in [-0.05, 0) is 38.8 Å². The Balaban J connectivity index is 0.00000242. The Morgan fingerprint density at radius 2 is 1.86 bits per heavy atom. The third-order valence-electron chi connectivity index (χ3n) is 4.28. The van der Waals surface area contributed by atoms with Crippen LogP contribution in [-0.2, 0) is 0 Å². The van der Waals surface area contributed by atoms with Gasteiger partial charge in [0.2, 0.25) is 0 Å². The maximum absolute atomic E-state index is 10.2. The zero-order valence-electron chi connectivity index (χ0n) is 13.7. The van der Waals surface area contributed by atoms with Crippen LogP contribution in [-0.4, -0.2) is 48.5 Å². The molecule has 1 heterocycles. The number of rotatable bonds is 6. The van der Waals surface area contributed by atoms with E-state index in [2.05, 4.69) is 18.7 Å². The summed E-state index contributed by atoms with van der Waals surface area (Å²) in [5.74, 6) is 1.49. The minimum Gasteiger partial charge on any atom is -1.00 e. The fraction of sp³-hybridized carbons (Fsp3) is 0.647. The monoisotopic (exact) mass is 328 g/mol. The van der Waals surface area contributed by atoms with E-state index < -0.39 is 6.10 Å². The third-order valence-corrected chi connectivity index (χ3v) is 4.28. The van der Waals surface area contributed by atoms with Crippen molar-refractivity contribution < 1.29 is 27.0 Å². The predicted molar refractivity (Wildman–Crippen MR) is 84.0 cm³/mol.